The molecule has 0 aliphatic heterocycles. The summed E-state index contributed by atoms with van der Waals surface area (Å²) in [6.07, 6.45) is -1.28. The molecule has 31 heavy (non-hydrogen) atoms. The fourth-order valence-electron chi connectivity index (χ4n) is 2.05. The van der Waals surface area contributed by atoms with E-state index in [-0.39, 0.29) is 57.3 Å². The van der Waals surface area contributed by atoms with Gasteiger partial charge in [-0.15, -0.1) is 0 Å². The summed E-state index contributed by atoms with van der Waals surface area (Å²) < 4.78 is 5.11. The Morgan fingerprint density at radius 3 is 1.97 bits per heavy atom. The molecule has 1 atom stereocenters. The number of benzene rings is 1. The molecule has 0 spiro atoms. The van der Waals surface area contributed by atoms with E-state index in [1.165, 1.54) is 0 Å². The number of carbonyl (C=O) groups excluding carboxylic acids is 3. The molecule has 0 saturated heterocycles. The quantitative estimate of drug-likeness (QED) is 0.616. The maximum absolute atomic E-state index is 12.4. The molecule has 0 aromatic heterocycles. The zero-order chi connectivity index (χ0) is 21.9. The Morgan fingerprint density at radius 2 is 1.58 bits per heavy atom. The normalized spacial score (nSPS) is 10.3. The van der Waals surface area contributed by atoms with Gasteiger partial charge in [0.15, 0.2) is 0 Å². The standard InChI is InChI=1S/C19H26N2O5.C2H6.2CH4.Na/c1-12(2)13-6-8-14(9-7-13)20-17(24)15(10-11-16(22)23)21-18(25)26-19(3,4)5;1-2;;;/h6-9,15H,1,10-11H2,2-5H3,(H,20,24)(H,21,25)(H,22,23);1-2H3;2*1H4;/q;;;;+1/p-1/t15-;;;;/m0..../s1. The fraction of sp³-hybridized carbons (Fsp3) is 0.522. The topological polar surface area (TPSA) is 108 Å². The number of carboxylic acids is 1. The smallest absolute Gasteiger partial charge is 0.550 e. The molecule has 8 heteroatoms. The number of hydrogen-bond acceptors (Lipinski definition) is 5. The van der Waals surface area contributed by atoms with Crippen molar-refractivity contribution in [3.63, 3.8) is 0 Å². The van der Waals surface area contributed by atoms with Crippen LogP contribution >= 0.6 is 0 Å². The third-order valence-corrected chi connectivity index (χ3v) is 3.29. The van der Waals surface area contributed by atoms with E-state index in [0.29, 0.717) is 5.69 Å². The van der Waals surface area contributed by atoms with Crippen LogP contribution in [-0.2, 0) is 14.3 Å². The van der Waals surface area contributed by atoms with Crippen LogP contribution in [0.1, 0.15) is 74.8 Å². The van der Waals surface area contributed by atoms with Gasteiger partial charge < -0.3 is 25.3 Å². The monoisotopic (exact) mass is 446 g/mol. The van der Waals surface area contributed by atoms with Crippen molar-refractivity contribution in [1.82, 2.24) is 5.32 Å². The molecular formula is C23H39N2NaO5. The first kappa shape index (κ1) is 36.5. The molecule has 7 nitrogen and oxygen atoms in total. The molecule has 1 rings (SSSR count). The number of rotatable bonds is 7. The van der Waals surface area contributed by atoms with Crippen molar-refractivity contribution in [2.24, 2.45) is 0 Å². The second kappa shape index (κ2) is 17.8. The second-order valence-electron chi connectivity index (χ2n) is 6.96. The average Bonchev–Trinajstić information content (AvgIpc) is 2.59. The van der Waals surface area contributed by atoms with Crippen LogP contribution in [0.2, 0.25) is 0 Å². The maximum Gasteiger partial charge on any atom is 1.00 e. The fourth-order valence-corrected chi connectivity index (χ4v) is 2.05. The van der Waals surface area contributed by atoms with Crippen molar-refractivity contribution in [2.75, 3.05) is 5.32 Å². The van der Waals surface area contributed by atoms with E-state index >= 15 is 0 Å². The first-order valence-corrected chi connectivity index (χ1v) is 9.24. The van der Waals surface area contributed by atoms with Crippen LogP contribution in [0, 0.1) is 0 Å². The van der Waals surface area contributed by atoms with Crippen molar-refractivity contribution in [1.29, 1.82) is 0 Å². The van der Waals surface area contributed by atoms with E-state index in [4.69, 9.17) is 4.74 Å². The average molecular weight is 447 g/mol. The number of ether oxygens (including phenoxy) is 1. The number of amides is 2. The Balaban J connectivity index is -0.000000707. The van der Waals surface area contributed by atoms with Gasteiger partial charge in [0.05, 0.1) is 0 Å². The zero-order valence-corrected chi connectivity index (χ0v) is 20.5. The van der Waals surface area contributed by atoms with Crippen molar-refractivity contribution >= 4 is 29.2 Å². The van der Waals surface area contributed by atoms with Crippen LogP contribution in [0.15, 0.2) is 30.8 Å². The molecule has 0 fully saturated rings. The third-order valence-electron chi connectivity index (χ3n) is 3.29. The van der Waals surface area contributed by atoms with E-state index in [2.05, 4.69) is 17.2 Å². The Bertz CT molecular complexity index is 682. The predicted octanol–water partition coefficient (Wildman–Crippen LogP) is 1.38. The van der Waals surface area contributed by atoms with Crippen molar-refractivity contribution in [3.05, 3.63) is 36.4 Å². The largest absolute Gasteiger partial charge is 1.00 e. The molecule has 1 aromatic rings. The first-order valence-electron chi connectivity index (χ1n) is 9.24. The van der Waals surface area contributed by atoms with Gasteiger partial charge in [-0.3, -0.25) is 4.79 Å². The van der Waals surface area contributed by atoms with Gasteiger partial charge in [0.25, 0.3) is 0 Å². The summed E-state index contributed by atoms with van der Waals surface area (Å²) in [5.41, 5.74) is 1.60. The van der Waals surface area contributed by atoms with Gasteiger partial charge in [-0.2, -0.15) is 0 Å². The Hall–Kier alpha value is -1.83. The summed E-state index contributed by atoms with van der Waals surface area (Å²) >= 11 is 0. The van der Waals surface area contributed by atoms with Gasteiger partial charge in [0.1, 0.15) is 11.6 Å². The molecule has 0 heterocycles. The molecule has 0 aliphatic rings. The van der Waals surface area contributed by atoms with Crippen LogP contribution in [-0.4, -0.2) is 29.6 Å². The van der Waals surface area contributed by atoms with Crippen LogP contribution < -0.4 is 45.3 Å². The summed E-state index contributed by atoms with van der Waals surface area (Å²) in [6.45, 7) is 14.8. The summed E-state index contributed by atoms with van der Waals surface area (Å²) in [6, 6.07) is 5.94. The molecule has 0 saturated carbocycles. The molecule has 2 amide bonds. The number of alkyl carbamates (subject to hydrolysis) is 1. The first-order chi connectivity index (χ1) is 13.0. The minimum absolute atomic E-state index is 0. The van der Waals surface area contributed by atoms with E-state index in [1.54, 1.807) is 45.0 Å². The molecule has 172 valence electrons. The Labute approximate surface area is 210 Å². The van der Waals surface area contributed by atoms with Gasteiger partial charge in [0.2, 0.25) is 5.91 Å². The number of allylic oxidation sites excluding steroid dienone is 1. The summed E-state index contributed by atoms with van der Waals surface area (Å²) in [5.74, 6) is -1.85. The summed E-state index contributed by atoms with van der Waals surface area (Å²) in [5, 5.41) is 15.8. The molecule has 0 radical (unpaired) electrons. The van der Waals surface area contributed by atoms with Gasteiger partial charge in [-0.25, -0.2) is 4.79 Å². The number of anilines is 1. The van der Waals surface area contributed by atoms with Crippen LogP contribution in [0.4, 0.5) is 10.5 Å². The predicted molar refractivity (Wildman–Crippen MR) is 122 cm³/mol. The van der Waals surface area contributed by atoms with Crippen LogP contribution in [0.5, 0.6) is 0 Å². The zero-order valence-electron chi connectivity index (χ0n) is 18.5. The van der Waals surface area contributed by atoms with E-state index in [0.717, 1.165) is 11.1 Å². The summed E-state index contributed by atoms with van der Waals surface area (Å²) in [4.78, 5) is 35.0. The van der Waals surface area contributed by atoms with E-state index < -0.39 is 29.6 Å². The number of carbonyl (C=O) groups is 3. The van der Waals surface area contributed by atoms with Crippen molar-refractivity contribution in [3.8, 4) is 0 Å². The number of aliphatic carboxylic acids is 1. The minimum atomic E-state index is -1.31. The molecule has 2 N–H and O–H groups in total. The minimum Gasteiger partial charge on any atom is -0.550 e. The molecule has 0 unspecified atom stereocenters. The van der Waals surface area contributed by atoms with Gasteiger partial charge in [-0.1, -0.05) is 53.0 Å². The summed E-state index contributed by atoms with van der Waals surface area (Å²) in [7, 11) is 0. The third kappa shape index (κ3) is 16.5. The molecule has 0 bridgehead atoms. The van der Waals surface area contributed by atoms with Gasteiger partial charge in [0, 0.05) is 11.7 Å². The number of hydrogen-bond donors (Lipinski definition) is 2. The van der Waals surface area contributed by atoms with E-state index in [9.17, 15) is 19.5 Å². The Kier molecular flexibility index (Phi) is 21.0. The van der Waals surface area contributed by atoms with Crippen LogP contribution in [0.25, 0.3) is 5.57 Å². The van der Waals surface area contributed by atoms with Crippen molar-refractivity contribution < 1.29 is 53.8 Å². The molecule has 1 aromatic carbocycles. The van der Waals surface area contributed by atoms with E-state index in [1.807, 2.05) is 20.8 Å². The second-order valence-corrected chi connectivity index (χ2v) is 6.96. The van der Waals surface area contributed by atoms with Crippen molar-refractivity contribution in [2.45, 2.75) is 80.9 Å². The van der Waals surface area contributed by atoms with Gasteiger partial charge >= 0.3 is 35.7 Å². The van der Waals surface area contributed by atoms with Gasteiger partial charge in [-0.05, 0) is 58.2 Å². The van der Waals surface area contributed by atoms with Crippen LogP contribution in [0.3, 0.4) is 0 Å². The molecule has 0 aliphatic carbocycles. The molecular weight excluding hydrogens is 407 g/mol. The SMILES string of the molecule is C.C.C=C(C)c1ccc(NC(=O)[C@H](CCC(=O)[O-])NC(=O)OC(C)(C)C)cc1.CC.[Na+]. The maximum atomic E-state index is 12.4. The number of carboxylic acid groups (broad SMARTS) is 1. The number of nitrogens with one attached hydrogen (secondary N) is 2. The Morgan fingerprint density at radius 1 is 1.10 bits per heavy atom.